The second kappa shape index (κ2) is 9.28. The third kappa shape index (κ3) is 5.21. The number of nitrogens with zero attached hydrogens (tertiary/aromatic N) is 1. The fourth-order valence-corrected chi connectivity index (χ4v) is 1.59. The predicted molar refractivity (Wildman–Crippen MR) is 78.1 cm³/mol. The Morgan fingerprint density at radius 1 is 1.09 bits per heavy atom. The number of benzene rings is 2. The number of hydrogen-bond acceptors (Lipinski definition) is 2. The van der Waals surface area contributed by atoms with Crippen molar-refractivity contribution in [1.29, 1.82) is 0 Å². The van der Waals surface area contributed by atoms with Gasteiger partial charge in [-0.05, 0) is 18.6 Å². The molecule has 0 amide bonds. The van der Waals surface area contributed by atoms with Crippen molar-refractivity contribution in [3.63, 3.8) is 0 Å². The zero-order valence-corrected chi connectivity index (χ0v) is 14.6. The van der Waals surface area contributed by atoms with Crippen LogP contribution in [0.1, 0.15) is 11.1 Å². The van der Waals surface area contributed by atoms with Crippen LogP contribution in [0.5, 0.6) is 5.75 Å². The van der Waals surface area contributed by atoms with Crippen molar-refractivity contribution in [3.8, 4) is 5.75 Å². The van der Waals surface area contributed by atoms with Gasteiger partial charge in [0.15, 0.2) is 23.3 Å². The minimum absolute atomic E-state index is 0.105. The van der Waals surface area contributed by atoms with E-state index in [1.165, 1.54) is 6.07 Å². The van der Waals surface area contributed by atoms with Crippen molar-refractivity contribution in [2.75, 3.05) is 0 Å². The van der Waals surface area contributed by atoms with Crippen LogP contribution < -0.4 is 0 Å². The van der Waals surface area contributed by atoms with Crippen molar-refractivity contribution in [3.05, 3.63) is 58.7 Å². The normalized spacial score (nSPS) is 10.4. The van der Waals surface area contributed by atoms with Gasteiger partial charge in [0.25, 0.3) is 0 Å². The fraction of sp³-hybridized carbons (Fsp3) is 0.0714. The molecule has 0 unspecified atom stereocenters. The van der Waals surface area contributed by atoms with E-state index in [4.69, 9.17) is 18.6 Å². The molecule has 0 aromatic heterocycles. The van der Waals surface area contributed by atoms with Gasteiger partial charge in [0.1, 0.15) is 11.4 Å². The Morgan fingerprint density at radius 3 is 2.13 bits per heavy atom. The number of phenolic OH excluding ortho intramolecular Hbond substituents is 1. The van der Waals surface area contributed by atoms with E-state index in [-0.39, 0.29) is 17.4 Å². The van der Waals surface area contributed by atoms with Gasteiger partial charge in [0, 0.05) is 17.8 Å². The predicted octanol–water partition coefficient (Wildman–Crippen LogP) is 5.38. The number of aryl methyl sites for hydroxylation is 1. The Kier molecular flexibility index (Phi) is 8.05. The molecule has 0 heterocycles. The molecule has 1 N–H and O–H groups in total. The van der Waals surface area contributed by atoms with Crippen molar-refractivity contribution in [1.82, 2.24) is 0 Å². The minimum atomic E-state index is -1.59. The van der Waals surface area contributed by atoms with Crippen LogP contribution in [0, 0.1) is 30.2 Å². The van der Waals surface area contributed by atoms with E-state index in [0.29, 0.717) is 5.56 Å². The molecule has 0 aliphatic carbocycles. The molecular formula is C14H9Cl2F4NOTi. The van der Waals surface area contributed by atoms with E-state index < -0.39 is 46.0 Å². The summed E-state index contributed by atoms with van der Waals surface area (Å²) in [5.74, 6) is -6.39. The molecule has 0 radical (unpaired) electrons. The third-order valence-corrected chi connectivity index (χ3v) is 2.69. The first-order valence-electron chi connectivity index (χ1n) is 5.95. The zero-order valence-electron chi connectivity index (χ0n) is 11.5. The Labute approximate surface area is 146 Å². The molecule has 2 aromatic rings. The fourth-order valence-electron chi connectivity index (χ4n) is 1.59. The third-order valence-electron chi connectivity index (χ3n) is 2.69. The van der Waals surface area contributed by atoms with Crippen LogP contribution in [0.2, 0.25) is 0 Å². The van der Waals surface area contributed by atoms with Crippen LogP contribution in [0.15, 0.2) is 29.3 Å². The van der Waals surface area contributed by atoms with Crippen molar-refractivity contribution >= 4 is 30.5 Å². The quantitative estimate of drug-likeness (QED) is 0.311. The Balaban J connectivity index is 0.000000816. The van der Waals surface area contributed by atoms with Gasteiger partial charge in [-0.2, -0.15) is 0 Å². The maximum absolute atomic E-state index is 13.4. The molecule has 0 atom stereocenters. The Bertz CT molecular complexity index is 702. The number of rotatable bonds is 2. The standard InChI is InChI=1S/C14H9F4NO.2ClH.Ti/c1-7-3-2-4-8(14(7)20)6-19-13-11(17)9(15)5-10(16)12(13)18;;;/h2-6,20H,1H3;2*1H;/q;;;+2/p-2. The molecule has 2 aromatic carbocycles. The zero-order chi connectivity index (χ0) is 17.6. The number of phenols is 1. The van der Waals surface area contributed by atoms with E-state index in [1.807, 2.05) is 0 Å². The summed E-state index contributed by atoms with van der Waals surface area (Å²) in [6.07, 6.45) is 0.933. The van der Waals surface area contributed by atoms with Gasteiger partial charge in [-0.15, -0.1) is 0 Å². The summed E-state index contributed by atoms with van der Waals surface area (Å²) in [6, 6.07) is 4.76. The summed E-state index contributed by atoms with van der Waals surface area (Å²) >= 11 is -0.556. The molecular weight excluding hydrogens is 393 g/mol. The maximum atomic E-state index is 13.4. The topological polar surface area (TPSA) is 32.6 Å². The van der Waals surface area contributed by atoms with Crippen LogP contribution in [-0.4, -0.2) is 11.3 Å². The first-order valence-corrected chi connectivity index (χ1v) is 10.2. The van der Waals surface area contributed by atoms with Crippen LogP contribution in [0.4, 0.5) is 23.2 Å². The molecule has 122 valence electrons. The van der Waals surface area contributed by atoms with Gasteiger partial charge < -0.3 is 5.11 Å². The van der Waals surface area contributed by atoms with E-state index in [1.54, 1.807) is 19.1 Å². The van der Waals surface area contributed by atoms with Gasteiger partial charge in [-0.3, -0.25) is 0 Å². The monoisotopic (exact) mass is 401 g/mol. The Hall–Kier alpha value is -1.08. The van der Waals surface area contributed by atoms with Gasteiger partial charge in [-0.25, -0.2) is 22.6 Å². The van der Waals surface area contributed by atoms with Crippen LogP contribution in [-0.2, 0) is 17.0 Å². The Morgan fingerprint density at radius 2 is 1.61 bits per heavy atom. The number of aliphatic imine (C=N–C) groups is 1. The molecule has 23 heavy (non-hydrogen) atoms. The van der Waals surface area contributed by atoms with E-state index in [9.17, 15) is 22.7 Å². The average Bonchev–Trinajstić information content (AvgIpc) is 2.50. The summed E-state index contributed by atoms with van der Waals surface area (Å²) in [4.78, 5) is 3.38. The molecule has 9 heteroatoms. The average molecular weight is 402 g/mol. The van der Waals surface area contributed by atoms with Crippen LogP contribution in [0.25, 0.3) is 0 Å². The van der Waals surface area contributed by atoms with Crippen molar-refractivity contribution < 1.29 is 39.7 Å². The van der Waals surface area contributed by atoms with E-state index in [2.05, 4.69) is 4.99 Å². The second-order valence-corrected chi connectivity index (χ2v) is 6.74. The van der Waals surface area contributed by atoms with Crippen molar-refractivity contribution in [2.45, 2.75) is 6.92 Å². The van der Waals surface area contributed by atoms with Gasteiger partial charge in [-0.1, -0.05) is 12.1 Å². The second-order valence-electron chi connectivity index (χ2n) is 4.16. The van der Waals surface area contributed by atoms with Crippen molar-refractivity contribution in [2.24, 2.45) is 4.99 Å². The molecule has 2 rings (SSSR count). The van der Waals surface area contributed by atoms with Gasteiger partial charge in [0.2, 0.25) is 0 Å². The number of aromatic hydroxyl groups is 1. The molecule has 0 aliphatic heterocycles. The summed E-state index contributed by atoms with van der Waals surface area (Å²) < 4.78 is 52.7. The molecule has 0 saturated carbocycles. The first kappa shape index (κ1) is 20.0. The summed E-state index contributed by atoms with van der Waals surface area (Å²) in [7, 11) is 9.78. The van der Waals surface area contributed by atoms with Gasteiger partial charge >= 0.3 is 35.6 Å². The van der Waals surface area contributed by atoms with Crippen LogP contribution in [0.3, 0.4) is 0 Å². The first-order chi connectivity index (χ1) is 10.8. The SMILES string of the molecule is Cc1cccc(C=Nc2c(F)c(F)cc(F)c2F)c1O.[Cl][Ti][Cl]. The number of hydrogen-bond donors (Lipinski definition) is 1. The van der Waals surface area contributed by atoms with Crippen LogP contribution >= 0.6 is 18.6 Å². The van der Waals surface area contributed by atoms with E-state index >= 15 is 0 Å². The summed E-state index contributed by atoms with van der Waals surface area (Å²) in [5.41, 5.74) is -0.378. The van der Waals surface area contributed by atoms with E-state index in [0.717, 1.165) is 6.21 Å². The summed E-state index contributed by atoms with van der Waals surface area (Å²) in [6.45, 7) is 1.62. The summed E-state index contributed by atoms with van der Waals surface area (Å²) in [5, 5.41) is 9.70. The molecule has 2 nitrogen and oxygen atoms in total. The molecule has 0 saturated heterocycles. The molecule has 0 spiro atoms. The number of para-hydroxylation sites is 1. The molecule has 0 bridgehead atoms. The number of halogens is 6. The van der Waals surface area contributed by atoms with Gasteiger partial charge in [0.05, 0.1) is 0 Å². The molecule has 0 fully saturated rings. The molecule has 0 aliphatic rings.